The molecule has 1 unspecified atom stereocenters. The number of rotatable bonds is 8. The molecule has 0 saturated carbocycles. The maximum absolute atomic E-state index is 11.9. The Kier molecular flexibility index (Phi) is 9.42. The largest absolute Gasteiger partial charge is 0.506 e. The van der Waals surface area contributed by atoms with Crippen LogP contribution < -0.4 is 21.5 Å². The number of phenols is 1. The number of carbonyl (C=O) groups excluding carboxylic acids is 1. The number of nitrogens with one attached hydrogen (secondary N) is 4. The van der Waals surface area contributed by atoms with Crippen molar-refractivity contribution < 1.29 is 9.90 Å². The van der Waals surface area contributed by atoms with Crippen LogP contribution in [0.15, 0.2) is 24.3 Å². The van der Waals surface area contributed by atoms with Crippen LogP contribution in [0.25, 0.3) is 0 Å². The second-order valence-corrected chi connectivity index (χ2v) is 8.02. The van der Waals surface area contributed by atoms with E-state index < -0.39 is 9.96 Å². The minimum absolute atomic E-state index is 0.0416. The molecule has 0 radical (unpaired) electrons. The quantitative estimate of drug-likeness (QED) is 0.109. The fourth-order valence-corrected chi connectivity index (χ4v) is 2.34. The van der Waals surface area contributed by atoms with Crippen LogP contribution in [0.3, 0.4) is 0 Å². The molecule has 0 aromatic heterocycles. The van der Waals surface area contributed by atoms with Gasteiger partial charge in [0, 0.05) is 6.42 Å². The van der Waals surface area contributed by atoms with Crippen molar-refractivity contribution >= 4 is 63.7 Å². The molecule has 1 aromatic carbocycles. The molecule has 5 N–H and O–H groups in total. The smallest absolute Gasteiger partial charge is 0.228 e. The summed E-state index contributed by atoms with van der Waals surface area (Å²) in [7, 11) is 0. The number of phenolic OH excluding ortho intramolecular Hbond substituents is 1. The van der Waals surface area contributed by atoms with Gasteiger partial charge in [-0.15, -0.1) is 0 Å². The summed E-state index contributed by atoms with van der Waals surface area (Å²) in [5, 5.41) is 15.1. The number of thiocarbonyl (C=S) groups is 1. The molecule has 6 nitrogen and oxygen atoms in total. The molecule has 0 aliphatic rings. The van der Waals surface area contributed by atoms with E-state index in [1.54, 1.807) is 18.2 Å². The number of benzene rings is 1. The Bertz CT molecular complexity index is 584. The standard InChI is InChI=1S/C15H21Cl3N4O2S/c1-2-3-4-9-12(24)19-13(15(16,17)18)20-14(25)22-21-10-7-5-6-8-11(10)23/h5-8,13,21,23H,2-4,9H2,1H3,(H,19,24)(H2,20,22,25). The lowest BCUT2D eigenvalue weighted by atomic mass is 10.2. The van der Waals surface area contributed by atoms with Gasteiger partial charge in [0.25, 0.3) is 0 Å². The average Bonchev–Trinajstić information content (AvgIpc) is 2.53. The number of para-hydroxylation sites is 2. The molecule has 0 spiro atoms. The van der Waals surface area contributed by atoms with E-state index in [4.69, 9.17) is 47.0 Å². The number of unbranched alkanes of at least 4 members (excludes halogenated alkanes) is 2. The van der Waals surface area contributed by atoms with Crippen molar-refractivity contribution in [1.82, 2.24) is 16.1 Å². The summed E-state index contributed by atoms with van der Waals surface area (Å²) >= 11 is 22.8. The third-order valence-corrected chi connectivity index (χ3v) is 4.00. The summed E-state index contributed by atoms with van der Waals surface area (Å²) in [5.74, 6) is -0.200. The van der Waals surface area contributed by atoms with Gasteiger partial charge in [-0.05, 0) is 30.8 Å². The summed E-state index contributed by atoms with van der Waals surface area (Å²) in [6, 6.07) is 6.58. The van der Waals surface area contributed by atoms with Crippen LogP contribution in [0.5, 0.6) is 5.75 Å². The second kappa shape index (κ2) is 10.8. The van der Waals surface area contributed by atoms with Crippen LogP contribution in [-0.2, 0) is 4.79 Å². The fraction of sp³-hybridized carbons (Fsp3) is 0.467. The number of aromatic hydroxyl groups is 1. The Hall–Kier alpha value is -1.15. The van der Waals surface area contributed by atoms with E-state index in [2.05, 4.69) is 21.5 Å². The third-order valence-electron chi connectivity index (χ3n) is 3.13. The van der Waals surface area contributed by atoms with Crippen molar-refractivity contribution in [2.75, 3.05) is 5.43 Å². The average molecular weight is 428 g/mol. The number of amides is 1. The molecule has 0 saturated heterocycles. The minimum Gasteiger partial charge on any atom is -0.506 e. The summed E-state index contributed by atoms with van der Waals surface area (Å²) in [5.41, 5.74) is 5.79. The molecule has 0 aliphatic heterocycles. The molecule has 1 rings (SSSR count). The predicted octanol–water partition coefficient (Wildman–Crippen LogP) is 3.58. The lowest BCUT2D eigenvalue weighted by Crippen LogP contribution is -2.57. The zero-order valence-corrected chi connectivity index (χ0v) is 16.7. The van der Waals surface area contributed by atoms with Crippen molar-refractivity contribution in [2.45, 2.75) is 42.6 Å². The zero-order chi connectivity index (χ0) is 18.9. The molecule has 0 fully saturated rings. The van der Waals surface area contributed by atoms with E-state index >= 15 is 0 Å². The number of carbonyl (C=O) groups is 1. The normalized spacial score (nSPS) is 12.2. The first-order chi connectivity index (χ1) is 11.7. The first-order valence-electron chi connectivity index (χ1n) is 7.70. The van der Waals surface area contributed by atoms with E-state index in [-0.39, 0.29) is 16.8 Å². The lowest BCUT2D eigenvalue weighted by molar-refractivity contribution is -0.122. The molecule has 0 aliphatic carbocycles. The molecular weight excluding hydrogens is 407 g/mol. The highest BCUT2D eigenvalue weighted by molar-refractivity contribution is 7.80. The van der Waals surface area contributed by atoms with Gasteiger partial charge >= 0.3 is 0 Å². The van der Waals surface area contributed by atoms with Gasteiger partial charge in [-0.2, -0.15) is 0 Å². The lowest BCUT2D eigenvalue weighted by Gasteiger charge is -2.28. The Morgan fingerprint density at radius 2 is 1.92 bits per heavy atom. The second-order valence-electron chi connectivity index (χ2n) is 5.24. The Morgan fingerprint density at radius 1 is 1.24 bits per heavy atom. The van der Waals surface area contributed by atoms with Crippen LogP contribution in [0.1, 0.15) is 32.6 Å². The van der Waals surface area contributed by atoms with E-state index in [0.29, 0.717) is 12.1 Å². The highest BCUT2D eigenvalue weighted by Crippen LogP contribution is 2.29. The fourth-order valence-electron chi connectivity index (χ4n) is 1.84. The Balaban J connectivity index is 2.55. The molecule has 1 atom stereocenters. The minimum atomic E-state index is -1.80. The maximum atomic E-state index is 11.9. The van der Waals surface area contributed by atoms with Crippen molar-refractivity contribution in [1.29, 1.82) is 0 Å². The van der Waals surface area contributed by atoms with Crippen LogP contribution in [-0.4, -0.2) is 26.1 Å². The van der Waals surface area contributed by atoms with Gasteiger partial charge in [0.2, 0.25) is 9.70 Å². The number of hydrogen-bond donors (Lipinski definition) is 5. The number of anilines is 1. The van der Waals surface area contributed by atoms with Crippen LogP contribution >= 0.6 is 47.0 Å². The van der Waals surface area contributed by atoms with Gasteiger partial charge in [0.05, 0.1) is 5.69 Å². The van der Waals surface area contributed by atoms with Crippen molar-refractivity contribution in [3.8, 4) is 5.75 Å². The molecule has 140 valence electrons. The Morgan fingerprint density at radius 3 is 2.52 bits per heavy atom. The SMILES string of the molecule is CCCCCC(=O)NC(NC(=S)NNc1ccccc1O)C(Cl)(Cl)Cl. The topological polar surface area (TPSA) is 85.4 Å². The van der Waals surface area contributed by atoms with Gasteiger partial charge in [0.1, 0.15) is 11.9 Å². The molecular formula is C15H21Cl3N4O2S. The zero-order valence-electron chi connectivity index (χ0n) is 13.6. The summed E-state index contributed by atoms with van der Waals surface area (Å²) in [6.45, 7) is 2.05. The summed E-state index contributed by atoms with van der Waals surface area (Å²) in [6.07, 6.45) is 2.03. The van der Waals surface area contributed by atoms with Crippen LogP contribution in [0.4, 0.5) is 5.69 Å². The predicted molar refractivity (Wildman–Crippen MR) is 107 cm³/mol. The van der Waals surface area contributed by atoms with Crippen LogP contribution in [0.2, 0.25) is 0 Å². The molecule has 0 heterocycles. The summed E-state index contributed by atoms with van der Waals surface area (Å²) < 4.78 is -1.80. The highest BCUT2D eigenvalue weighted by Gasteiger charge is 2.34. The highest BCUT2D eigenvalue weighted by atomic mass is 35.6. The van der Waals surface area contributed by atoms with Gasteiger partial charge in [-0.1, -0.05) is 66.7 Å². The number of halogens is 3. The van der Waals surface area contributed by atoms with Gasteiger partial charge < -0.3 is 15.7 Å². The molecule has 1 amide bonds. The van der Waals surface area contributed by atoms with Gasteiger partial charge in [0.15, 0.2) is 5.11 Å². The van der Waals surface area contributed by atoms with Crippen molar-refractivity contribution in [3.05, 3.63) is 24.3 Å². The Labute approximate surface area is 167 Å². The monoisotopic (exact) mass is 426 g/mol. The van der Waals surface area contributed by atoms with Crippen LogP contribution in [0, 0.1) is 0 Å². The van der Waals surface area contributed by atoms with E-state index in [1.807, 2.05) is 6.92 Å². The first-order valence-corrected chi connectivity index (χ1v) is 9.24. The number of alkyl halides is 3. The molecule has 25 heavy (non-hydrogen) atoms. The van der Waals surface area contributed by atoms with Crippen molar-refractivity contribution in [2.24, 2.45) is 0 Å². The van der Waals surface area contributed by atoms with E-state index in [9.17, 15) is 9.90 Å². The maximum Gasteiger partial charge on any atom is 0.228 e. The number of hydrogen-bond acceptors (Lipinski definition) is 4. The first kappa shape index (κ1) is 21.9. The van der Waals surface area contributed by atoms with Gasteiger partial charge in [-0.25, -0.2) is 0 Å². The summed E-state index contributed by atoms with van der Waals surface area (Å²) in [4.78, 5) is 11.9. The third kappa shape index (κ3) is 8.67. The van der Waals surface area contributed by atoms with E-state index in [0.717, 1.165) is 19.3 Å². The van der Waals surface area contributed by atoms with Crippen molar-refractivity contribution in [3.63, 3.8) is 0 Å². The van der Waals surface area contributed by atoms with Gasteiger partial charge in [-0.3, -0.25) is 15.6 Å². The molecule has 1 aromatic rings. The van der Waals surface area contributed by atoms with E-state index in [1.165, 1.54) is 6.07 Å². The molecule has 10 heteroatoms. The number of hydrazine groups is 1. The molecule has 0 bridgehead atoms.